The maximum atomic E-state index is 12.4. The number of fused-ring (bicyclic) bond motifs is 1. The largest absolute Gasteiger partial charge is 0.497 e. The number of ether oxygens (including phenoxy) is 1. The number of rotatable bonds is 4. The van der Waals surface area contributed by atoms with Crippen molar-refractivity contribution in [1.82, 2.24) is 9.55 Å². The summed E-state index contributed by atoms with van der Waals surface area (Å²) in [5.41, 5.74) is 0.373. The fourth-order valence-corrected chi connectivity index (χ4v) is 3.21. The lowest BCUT2D eigenvalue weighted by atomic mass is 10.2. The topological polar surface area (TPSA) is 93.7 Å². The minimum Gasteiger partial charge on any atom is -0.497 e. The lowest BCUT2D eigenvalue weighted by molar-refractivity contribution is -0.926. The van der Waals surface area contributed by atoms with E-state index in [1.54, 1.807) is 37.6 Å². The molecule has 1 atom stereocenters. The number of H-pyrrole nitrogens is 1. The molecule has 3 N–H and O–H groups in total. The first kappa shape index (κ1) is 16.2. The van der Waals surface area contributed by atoms with E-state index in [9.17, 15) is 9.59 Å². The Kier molecular flexibility index (Phi) is 4.10. The van der Waals surface area contributed by atoms with Gasteiger partial charge in [-0.15, -0.1) is 0 Å². The third kappa shape index (κ3) is 2.91. The van der Waals surface area contributed by atoms with Gasteiger partial charge >= 0.3 is 5.69 Å². The minimum absolute atomic E-state index is 0.362. The van der Waals surface area contributed by atoms with Crippen LogP contribution < -0.4 is 26.2 Å². The number of furan rings is 1. The minimum atomic E-state index is -0.471. The summed E-state index contributed by atoms with van der Waals surface area (Å²) in [5.74, 6) is 2.08. The number of aromatic nitrogens is 2. The Morgan fingerprint density at radius 3 is 2.73 bits per heavy atom. The fraction of sp³-hybridized carbons (Fsp3) is 0.222. The number of hydrogen-bond acceptors (Lipinski definition) is 5. The molecule has 0 fully saturated rings. The van der Waals surface area contributed by atoms with E-state index in [2.05, 4.69) is 10.3 Å². The van der Waals surface area contributed by atoms with Gasteiger partial charge in [0.05, 0.1) is 19.1 Å². The summed E-state index contributed by atoms with van der Waals surface area (Å²) in [6, 6.07) is 10.9. The van der Waals surface area contributed by atoms with E-state index in [1.165, 1.54) is 4.57 Å². The van der Waals surface area contributed by atoms with Crippen molar-refractivity contribution >= 4 is 5.82 Å². The molecule has 3 heterocycles. The molecule has 26 heavy (non-hydrogen) atoms. The summed E-state index contributed by atoms with van der Waals surface area (Å²) in [6.45, 7) is 1.72. The van der Waals surface area contributed by atoms with E-state index < -0.39 is 5.69 Å². The number of hydrogen-bond donors (Lipinski definition) is 3. The van der Waals surface area contributed by atoms with Gasteiger partial charge in [0.1, 0.15) is 30.2 Å². The third-order valence-corrected chi connectivity index (χ3v) is 4.47. The zero-order valence-electron chi connectivity index (χ0n) is 14.2. The Balaban J connectivity index is 1.72. The number of anilines is 1. The van der Waals surface area contributed by atoms with Crippen LogP contribution in [0.25, 0.3) is 5.69 Å². The highest BCUT2D eigenvalue weighted by Gasteiger charge is 2.26. The average molecular weight is 355 g/mol. The molecule has 0 saturated carbocycles. The first-order chi connectivity index (χ1) is 12.7. The van der Waals surface area contributed by atoms with Crippen LogP contribution in [-0.2, 0) is 13.1 Å². The van der Waals surface area contributed by atoms with Crippen molar-refractivity contribution in [3.63, 3.8) is 0 Å². The molecule has 0 saturated heterocycles. The number of nitrogens with one attached hydrogen (secondary N) is 3. The molecular weight excluding hydrogens is 336 g/mol. The second-order valence-corrected chi connectivity index (χ2v) is 6.16. The lowest BCUT2D eigenvalue weighted by Crippen LogP contribution is -3.11. The van der Waals surface area contributed by atoms with Crippen LogP contribution in [0.1, 0.15) is 11.3 Å². The number of methoxy groups -OCH3 is 1. The predicted octanol–water partition coefficient (Wildman–Crippen LogP) is 0.0955. The van der Waals surface area contributed by atoms with Gasteiger partial charge in [-0.05, 0) is 36.4 Å². The van der Waals surface area contributed by atoms with Crippen molar-refractivity contribution in [2.45, 2.75) is 13.1 Å². The van der Waals surface area contributed by atoms with Gasteiger partial charge in [-0.3, -0.25) is 9.78 Å². The van der Waals surface area contributed by atoms with Crippen LogP contribution in [0.5, 0.6) is 5.75 Å². The molecule has 1 unspecified atom stereocenters. The molecule has 0 aliphatic carbocycles. The van der Waals surface area contributed by atoms with Crippen LogP contribution in [0.3, 0.4) is 0 Å². The zero-order chi connectivity index (χ0) is 18.1. The Bertz CT molecular complexity index is 1020. The quantitative estimate of drug-likeness (QED) is 0.617. The van der Waals surface area contributed by atoms with Crippen molar-refractivity contribution in [1.29, 1.82) is 0 Å². The summed E-state index contributed by atoms with van der Waals surface area (Å²) >= 11 is 0. The van der Waals surface area contributed by atoms with Gasteiger partial charge in [-0.1, -0.05) is 0 Å². The van der Waals surface area contributed by atoms with Crippen LogP contribution in [-0.4, -0.2) is 23.3 Å². The van der Waals surface area contributed by atoms with E-state index in [0.29, 0.717) is 42.6 Å². The second-order valence-electron chi connectivity index (χ2n) is 6.16. The highest BCUT2D eigenvalue weighted by Crippen LogP contribution is 2.19. The Hall–Kier alpha value is -3.26. The molecule has 1 aliphatic heterocycles. The zero-order valence-corrected chi connectivity index (χ0v) is 14.2. The smallest absolute Gasteiger partial charge is 0.334 e. The average Bonchev–Trinajstić information content (AvgIpc) is 3.16. The number of nitrogens with zero attached hydrogens (tertiary/aromatic N) is 1. The number of quaternary nitrogens is 1. The van der Waals surface area contributed by atoms with Crippen molar-refractivity contribution in [2.24, 2.45) is 0 Å². The molecule has 134 valence electrons. The Labute approximate surface area is 148 Å². The van der Waals surface area contributed by atoms with E-state index in [4.69, 9.17) is 9.15 Å². The SMILES string of the molecule is COc1ccc(-n2c3c(c(=O)[nH]c2=O)C[NH+](Cc2ccco2)CN3)cc1. The summed E-state index contributed by atoms with van der Waals surface area (Å²) < 4.78 is 12.0. The van der Waals surface area contributed by atoms with Gasteiger partial charge < -0.3 is 19.4 Å². The maximum Gasteiger partial charge on any atom is 0.334 e. The van der Waals surface area contributed by atoms with Crippen molar-refractivity contribution < 1.29 is 14.1 Å². The van der Waals surface area contributed by atoms with Crippen molar-refractivity contribution in [3.05, 3.63) is 74.8 Å². The molecule has 0 radical (unpaired) electrons. The molecule has 4 rings (SSSR count). The third-order valence-electron chi connectivity index (χ3n) is 4.47. The van der Waals surface area contributed by atoms with Crippen LogP contribution >= 0.6 is 0 Å². The summed E-state index contributed by atoms with van der Waals surface area (Å²) in [4.78, 5) is 28.3. The molecule has 1 aromatic carbocycles. The molecule has 1 aliphatic rings. The number of aromatic amines is 1. The summed E-state index contributed by atoms with van der Waals surface area (Å²) in [7, 11) is 1.58. The summed E-state index contributed by atoms with van der Waals surface area (Å²) in [6.07, 6.45) is 1.63. The van der Waals surface area contributed by atoms with Crippen LogP contribution in [0, 0.1) is 0 Å². The predicted molar refractivity (Wildman–Crippen MR) is 94.8 cm³/mol. The Morgan fingerprint density at radius 2 is 2.04 bits per heavy atom. The first-order valence-corrected chi connectivity index (χ1v) is 8.28. The van der Waals surface area contributed by atoms with Gasteiger partial charge in [0.25, 0.3) is 5.56 Å². The second kappa shape index (κ2) is 6.57. The number of benzene rings is 1. The fourth-order valence-electron chi connectivity index (χ4n) is 3.21. The normalized spacial score (nSPS) is 16.0. The molecular formula is C18H19N4O4+. The van der Waals surface area contributed by atoms with E-state index >= 15 is 0 Å². The molecule has 8 heteroatoms. The van der Waals surface area contributed by atoms with Crippen molar-refractivity contribution in [2.75, 3.05) is 19.1 Å². The van der Waals surface area contributed by atoms with Gasteiger partial charge in [-0.25, -0.2) is 9.36 Å². The molecule has 0 spiro atoms. The maximum absolute atomic E-state index is 12.4. The molecule has 8 nitrogen and oxygen atoms in total. The van der Waals surface area contributed by atoms with Crippen LogP contribution in [0.4, 0.5) is 5.82 Å². The van der Waals surface area contributed by atoms with Gasteiger partial charge in [0.15, 0.2) is 12.4 Å². The van der Waals surface area contributed by atoms with Gasteiger partial charge in [-0.2, -0.15) is 0 Å². The molecule has 0 bridgehead atoms. The monoisotopic (exact) mass is 355 g/mol. The van der Waals surface area contributed by atoms with E-state index in [1.807, 2.05) is 12.1 Å². The highest BCUT2D eigenvalue weighted by molar-refractivity contribution is 5.51. The van der Waals surface area contributed by atoms with Gasteiger partial charge in [0, 0.05) is 0 Å². The van der Waals surface area contributed by atoms with Crippen molar-refractivity contribution in [3.8, 4) is 11.4 Å². The standard InChI is InChI=1S/C18H18N4O4/c1-25-13-6-4-12(5-7-13)22-16-15(17(23)20-18(22)24)10-21(11-19-16)9-14-3-2-8-26-14/h2-8,19H,9-11H2,1H3,(H,20,23,24)/p+1. The lowest BCUT2D eigenvalue weighted by Gasteiger charge is -2.27. The molecule has 3 aromatic rings. The molecule has 0 amide bonds. The van der Waals surface area contributed by atoms with E-state index in [0.717, 1.165) is 10.7 Å². The Morgan fingerprint density at radius 1 is 1.23 bits per heavy atom. The van der Waals surface area contributed by atoms with E-state index in [-0.39, 0.29) is 5.56 Å². The first-order valence-electron chi connectivity index (χ1n) is 8.28. The van der Waals surface area contributed by atoms with Crippen LogP contribution in [0.2, 0.25) is 0 Å². The molecule has 2 aromatic heterocycles. The van der Waals surface area contributed by atoms with Gasteiger partial charge in [0.2, 0.25) is 0 Å². The van der Waals surface area contributed by atoms with Crippen LogP contribution in [0.15, 0.2) is 56.7 Å². The highest BCUT2D eigenvalue weighted by atomic mass is 16.5. The summed E-state index contributed by atoms with van der Waals surface area (Å²) in [5, 5.41) is 3.24.